The van der Waals surface area contributed by atoms with Crippen LogP contribution in [-0.4, -0.2) is 25.3 Å². The smallest absolute Gasteiger partial charge is 0.245 e. The third kappa shape index (κ3) is 2.67. The molecule has 1 rings (SSSR count). The van der Waals surface area contributed by atoms with E-state index in [1.165, 1.54) is 4.31 Å². The number of nitrogens with two attached hydrogens (primary N) is 1. The Balaban J connectivity index is 3.30. The summed E-state index contributed by atoms with van der Waals surface area (Å²) in [6.07, 6.45) is 0.731. The van der Waals surface area contributed by atoms with E-state index in [1.54, 1.807) is 25.2 Å². The van der Waals surface area contributed by atoms with Gasteiger partial charge in [0, 0.05) is 12.6 Å². The lowest BCUT2D eigenvalue weighted by molar-refractivity contribution is 0.257. The quantitative estimate of drug-likeness (QED) is 0.854. The molecule has 1 aromatic carbocycles. The average Bonchev–Trinajstić information content (AvgIpc) is 2.27. The molecule has 0 aliphatic rings. The number of rotatable bonds is 4. The second-order valence-electron chi connectivity index (χ2n) is 5.18. The maximum absolute atomic E-state index is 12.5. The summed E-state index contributed by atoms with van der Waals surface area (Å²) >= 11 is 0. The normalized spacial score (nSPS) is 13.0. The van der Waals surface area contributed by atoms with Crippen LogP contribution in [0.4, 0.5) is 5.69 Å². The molecule has 18 heavy (non-hydrogen) atoms. The summed E-state index contributed by atoms with van der Waals surface area (Å²) in [4.78, 5) is 0.178. The van der Waals surface area contributed by atoms with Crippen LogP contribution in [0.15, 0.2) is 23.1 Å². The number of anilines is 1. The fraction of sp³-hybridized carbons (Fsp3) is 0.538. The van der Waals surface area contributed by atoms with Gasteiger partial charge < -0.3 is 5.73 Å². The van der Waals surface area contributed by atoms with Crippen LogP contribution in [0.3, 0.4) is 0 Å². The van der Waals surface area contributed by atoms with E-state index in [2.05, 4.69) is 0 Å². The summed E-state index contributed by atoms with van der Waals surface area (Å²) < 4.78 is 26.4. The summed E-state index contributed by atoms with van der Waals surface area (Å²) in [6, 6.07) is 5.01. The summed E-state index contributed by atoms with van der Waals surface area (Å²) in [5, 5.41) is 0. The maximum atomic E-state index is 12.5. The molecule has 0 heterocycles. The molecule has 0 spiro atoms. The van der Waals surface area contributed by atoms with Crippen molar-refractivity contribution >= 4 is 15.7 Å². The van der Waals surface area contributed by atoms with Crippen LogP contribution in [0, 0.1) is 6.92 Å². The van der Waals surface area contributed by atoms with Crippen molar-refractivity contribution in [2.75, 3.05) is 12.8 Å². The van der Waals surface area contributed by atoms with Crippen molar-refractivity contribution in [3.8, 4) is 0 Å². The van der Waals surface area contributed by atoms with Gasteiger partial charge in [0.15, 0.2) is 0 Å². The lowest BCUT2D eigenvalue weighted by Gasteiger charge is -2.34. The molecule has 0 aromatic heterocycles. The van der Waals surface area contributed by atoms with Crippen molar-refractivity contribution in [1.82, 2.24) is 4.31 Å². The van der Waals surface area contributed by atoms with Gasteiger partial charge in [-0.25, -0.2) is 8.42 Å². The summed E-state index contributed by atoms with van der Waals surface area (Å²) in [7, 11) is -1.95. The minimum Gasteiger partial charge on any atom is -0.398 e. The summed E-state index contributed by atoms with van der Waals surface area (Å²) in [6.45, 7) is 7.64. The molecule has 0 aliphatic carbocycles. The molecular formula is C13H22N2O2S. The first kappa shape index (κ1) is 15.0. The number of aryl methyl sites for hydroxylation is 1. The summed E-state index contributed by atoms with van der Waals surface area (Å²) in [5.74, 6) is 0. The first-order valence-electron chi connectivity index (χ1n) is 5.98. The SMILES string of the molecule is CCC(C)(C)N(C)S(=O)(=O)c1ccc(C)cc1N. The van der Waals surface area contributed by atoms with E-state index in [0.717, 1.165) is 12.0 Å². The first-order chi connectivity index (χ1) is 8.13. The number of nitrogens with zero attached hydrogens (tertiary/aromatic N) is 1. The van der Waals surface area contributed by atoms with E-state index in [9.17, 15) is 8.42 Å². The number of benzene rings is 1. The average molecular weight is 270 g/mol. The lowest BCUT2D eigenvalue weighted by atomic mass is 10.0. The fourth-order valence-corrected chi connectivity index (χ4v) is 3.27. The Kier molecular flexibility index (Phi) is 4.08. The topological polar surface area (TPSA) is 63.4 Å². The molecule has 0 bridgehead atoms. The van der Waals surface area contributed by atoms with Gasteiger partial charge in [0.05, 0.1) is 5.69 Å². The predicted molar refractivity (Wildman–Crippen MR) is 74.9 cm³/mol. The van der Waals surface area contributed by atoms with Gasteiger partial charge in [0.2, 0.25) is 10.0 Å². The van der Waals surface area contributed by atoms with E-state index in [1.807, 2.05) is 27.7 Å². The van der Waals surface area contributed by atoms with E-state index in [0.29, 0.717) is 5.69 Å². The van der Waals surface area contributed by atoms with Gasteiger partial charge >= 0.3 is 0 Å². The van der Waals surface area contributed by atoms with Crippen molar-refractivity contribution in [2.24, 2.45) is 0 Å². The molecule has 102 valence electrons. The Labute approximate surface area is 110 Å². The van der Waals surface area contributed by atoms with Gasteiger partial charge in [-0.2, -0.15) is 4.31 Å². The van der Waals surface area contributed by atoms with Gasteiger partial charge in [0.25, 0.3) is 0 Å². The van der Waals surface area contributed by atoms with Crippen molar-refractivity contribution in [2.45, 2.75) is 44.6 Å². The van der Waals surface area contributed by atoms with Crippen LogP contribution in [0.5, 0.6) is 0 Å². The van der Waals surface area contributed by atoms with Gasteiger partial charge in [0.1, 0.15) is 4.90 Å². The predicted octanol–water partition coefficient (Wildman–Crippen LogP) is 2.39. The molecule has 0 atom stereocenters. The zero-order chi connectivity index (χ0) is 14.1. The molecule has 0 saturated carbocycles. The van der Waals surface area contributed by atoms with Crippen LogP contribution in [0.1, 0.15) is 32.8 Å². The van der Waals surface area contributed by atoms with Crippen molar-refractivity contribution in [1.29, 1.82) is 0 Å². The molecule has 5 heteroatoms. The van der Waals surface area contributed by atoms with E-state index < -0.39 is 15.6 Å². The van der Waals surface area contributed by atoms with E-state index >= 15 is 0 Å². The van der Waals surface area contributed by atoms with Crippen LogP contribution < -0.4 is 5.73 Å². The Hall–Kier alpha value is -1.07. The second kappa shape index (κ2) is 4.90. The largest absolute Gasteiger partial charge is 0.398 e. The van der Waals surface area contributed by atoms with Gasteiger partial charge in [-0.3, -0.25) is 0 Å². The Morgan fingerprint density at radius 1 is 1.33 bits per heavy atom. The van der Waals surface area contributed by atoms with Crippen LogP contribution >= 0.6 is 0 Å². The zero-order valence-electron chi connectivity index (χ0n) is 11.7. The first-order valence-corrected chi connectivity index (χ1v) is 7.42. The van der Waals surface area contributed by atoms with E-state index in [4.69, 9.17) is 5.73 Å². The minimum atomic E-state index is -3.55. The third-order valence-electron chi connectivity index (χ3n) is 3.52. The molecule has 4 nitrogen and oxygen atoms in total. The highest BCUT2D eigenvalue weighted by molar-refractivity contribution is 7.89. The molecule has 0 fully saturated rings. The highest BCUT2D eigenvalue weighted by Crippen LogP contribution is 2.28. The zero-order valence-corrected chi connectivity index (χ0v) is 12.5. The molecule has 0 saturated heterocycles. The number of nitrogen functional groups attached to an aromatic ring is 1. The van der Waals surface area contributed by atoms with Crippen LogP contribution in [-0.2, 0) is 10.0 Å². The standard InChI is InChI=1S/C13H22N2O2S/c1-6-13(3,4)15(5)18(16,17)12-8-7-10(2)9-11(12)14/h7-9H,6,14H2,1-5H3. The monoisotopic (exact) mass is 270 g/mol. The maximum Gasteiger partial charge on any atom is 0.245 e. The molecule has 0 unspecified atom stereocenters. The summed E-state index contributed by atoms with van der Waals surface area (Å²) in [5.41, 5.74) is 6.64. The Morgan fingerprint density at radius 2 is 1.89 bits per heavy atom. The lowest BCUT2D eigenvalue weighted by Crippen LogP contribution is -2.44. The van der Waals surface area contributed by atoms with Crippen molar-refractivity contribution < 1.29 is 8.42 Å². The Bertz CT molecular complexity index is 536. The molecule has 0 aliphatic heterocycles. The molecule has 1 aromatic rings. The van der Waals surface area contributed by atoms with Gasteiger partial charge in [-0.15, -0.1) is 0 Å². The highest BCUT2D eigenvalue weighted by atomic mass is 32.2. The molecular weight excluding hydrogens is 248 g/mol. The van der Waals surface area contributed by atoms with Gasteiger partial charge in [-0.1, -0.05) is 13.0 Å². The number of hydrogen-bond donors (Lipinski definition) is 1. The second-order valence-corrected chi connectivity index (χ2v) is 7.12. The number of hydrogen-bond acceptors (Lipinski definition) is 3. The van der Waals surface area contributed by atoms with E-state index in [-0.39, 0.29) is 4.90 Å². The number of sulfonamides is 1. The minimum absolute atomic E-state index is 0.178. The van der Waals surface area contributed by atoms with Crippen LogP contribution in [0.2, 0.25) is 0 Å². The fourth-order valence-electron chi connectivity index (χ4n) is 1.60. The van der Waals surface area contributed by atoms with Crippen molar-refractivity contribution in [3.63, 3.8) is 0 Å². The van der Waals surface area contributed by atoms with Crippen LogP contribution in [0.25, 0.3) is 0 Å². The third-order valence-corrected chi connectivity index (χ3v) is 5.66. The molecule has 0 amide bonds. The Morgan fingerprint density at radius 3 is 2.33 bits per heavy atom. The molecule has 0 radical (unpaired) electrons. The molecule has 2 N–H and O–H groups in total. The highest BCUT2D eigenvalue weighted by Gasteiger charge is 2.33. The van der Waals surface area contributed by atoms with Gasteiger partial charge in [-0.05, 0) is 44.9 Å². The van der Waals surface area contributed by atoms with Crippen molar-refractivity contribution in [3.05, 3.63) is 23.8 Å².